The van der Waals surface area contributed by atoms with Gasteiger partial charge >= 0.3 is 0 Å². The highest BCUT2D eigenvalue weighted by molar-refractivity contribution is 7.89. The van der Waals surface area contributed by atoms with Crippen LogP contribution in [-0.2, 0) is 10.0 Å². The molecule has 1 aliphatic rings. The zero-order chi connectivity index (χ0) is 16.4. The van der Waals surface area contributed by atoms with E-state index < -0.39 is 10.0 Å². The van der Waals surface area contributed by atoms with Crippen LogP contribution in [-0.4, -0.2) is 36.7 Å². The molecule has 9 heteroatoms. The smallest absolute Gasteiger partial charge is 0.267 e. The lowest BCUT2D eigenvalue weighted by molar-refractivity contribution is 0.103. The second-order valence-corrected chi connectivity index (χ2v) is 9.29. The van der Waals surface area contributed by atoms with Crippen LogP contribution in [0.3, 0.4) is 0 Å². The first kappa shape index (κ1) is 16.6. The SMILES string of the molecule is C[C@H]1CCCN(S(=O)(=O)c2csc(C(=O)Nc3nccs3)c2)C1. The number of amides is 1. The van der Waals surface area contributed by atoms with Crippen molar-refractivity contribution in [1.29, 1.82) is 0 Å². The molecule has 0 saturated carbocycles. The van der Waals surface area contributed by atoms with Crippen LogP contribution in [0.15, 0.2) is 27.9 Å². The average molecular weight is 372 g/mol. The van der Waals surface area contributed by atoms with Crippen LogP contribution in [0.5, 0.6) is 0 Å². The summed E-state index contributed by atoms with van der Waals surface area (Å²) in [5.74, 6) is 0.0308. The lowest BCUT2D eigenvalue weighted by atomic mass is 10.0. The highest BCUT2D eigenvalue weighted by atomic mass is 32.2. The Labute approximate surface area is 143 Å². The van der Waals surface area contributed by atoms with Crippen LogP contribution < -0.4 is 5.32 Å². The number of carbonyl (C=O) groups is 1. The van der Waals surface area contributed by atoms with Crippen molar-refractivity contribution in [2.45, 2.75) is 24.7 Å². The molecule has 1 N–H and O–H groups in total. The molecule has 1 atom stereocenters. The van der Waals surface area contributed by atoms with Crippen LogP contribution in [0.4, 0.5) is 5.13 Å². The second-order valence-electron chi connectivity index (χ2n) is 5.55. The molecule has 0 aromatic carbocycles. The van der Waals surface area contributed by atoms with Crippen molar-refractivity contribution >= 4 is 43.7 Å². The maximum Gasteiger partial charge on any atom is 0.267 e. The molecule has 3 rings (SSSR count). The molecule has 2 aromatic rings. The minimum absolute atomic E-state index is 0.195. The van der Waals surface area contributed by atoms with Crippen LogP contribution in [0.2, 0.25) is 0 Å². The first-order chi connectivity index (χ1) is 11.0. The number of piperidine rings is 1. The molecule has 3 heterocycles. The number of nitrogens with one attached hydrogen (secondary N) is 1. The number of carbonyl (C=O) groups excluding carboxylic acids is 1. The lowest BCUT2D eigenvalue weighted by Gasteiger charge is -2.29. The van der Waals surface area contributed by atoms with Crippen molar-refractivity contribution in [3.63, 3.8) is 0 Å². The van der Waals surface area contributed by atoms with Gasteiger partial charge in [0.15, 0.2) is 5.13 Å². The van der Waals surface area contributed by atoms with Gasteiger partial charge in [0.25, 0.3) is 5.91 Å². The van der Waals surface area contributed by atoms with Gasteiger partial charge in [-0.3, -0.25) is 10.1 Å². The van der Waals surface area contributed by atoms with E-state index in [1.54, 1.807) is 11.6 Å². The second kappa shape index (κ2) is 6.68. The Morgan fingerprint density at radius 1 is 1.43 bits per heavy atom. The molecule has 1 aliphatic heterocycles. The fourth-order valence-corrected chi connectivity index (χ4v) is 5.81. The summed E-state index contributed by atoms with van der Waals surface area (Å²) < 4.78 is 26.9. The van der Waals surface area contributed by atoms with E-state index in [4.69, 9.17) is 0 Å². The number of nitrogens with zero attached hydrogens (tertiary/aromatic N) is 2. The molecular weight excluding hydrogens is 354 g/mol. The molecule has 0 unspecified atom stereocenters. The van der Waals surface area contributed by atoms with Crippen LogP contribution in [0.1, 0.15) is 29.4 Å². The Morgan fingerprint density at radius 3 is 2.96 bits per heavy atom. The Kier molecular flexibility index (Phi) is 4.81. The Morgan fingerprint density at radius 2 is 2.26 bits per heavy atom. The van der Waals surface area contributed by atoms with Gasteiger partial charge in [-0.2, -0.15) is 4.31 Å². The van der Waals surface area contributed by atoms with Gasteiger partial charge in [0.05, 0.1) is 9.77 Å². The number of sulfonamides is 1. The van der Waals surface area contributed by atoms with Gasteiger partial charge in [-0.1, -0.05) is 6.92 Å². The summed E-state index contributed by atoms with van der Waals surface area (Å²) in [6, 6.07) is 1.45. The van der Waals surface area contributed by atoms with Crippen molar-refractivity contribution < 1.29 is 13.2 Å². The van der Waals surface area contributed by atoms with E-state index in [0.717, 1.165) is 24.2 Å². The number of aromatic nitrogens is 1. The first-order valence-corrected chi connectivity index (χ1v) is 10.5. The molecule has 124 valence electrons. The summed E-state index contributed by atoms with van der Waals surface area (Å²) in [7, 11) is -3.52. The van der Waals surface area contributed by atoms with Crippen molar-refractivity contribution in [3.8, 4) is 0 Å². The van der Waals surface area contributed by atoms with E-state index in [0.29, 0.717) is 29.0 Å². The highest BCUT2D eigenvalue weighted by Gasteiger charge is 2.30. The standard InChI is InChI=1S/C14H17N3O3S3/c1-10-3-2-5-17(8-10)23(19,20)11-7-12(22-9-11)13(18)16-14-15-4-6-21-14/h4,6-7,9-10H,2-3,5,8H2,1H3,(H,15,16,18)/t10-/m0/s1. The van der Waals surface area contributed by atoms with Crippen LogP contribution in [0, 0.1) is 5.92 Å². The Bertz CT molecular complexity index is 783. The molecule has 1 amide bonds. The normalized spacial score (nSPS) is 19.6. The molecule has 1 saturated heterocycles. The van der Waals surface area contributed by atoms with Gasteiger partial charge < -0.3 is 0 Å². The van der Waals surface area contributed by atoms with E-state index in [1.165, 1.54) is 27.1 Å². The molecule has 0 bridgehead atoms. The zero-order valence-electron chi connectivity index (χ0n) is 12.6. The lowest BCUT2D eigenvalue weighted by Crippen LogP contribution is -2.38. The fourth-order valence-electron chi connectivity index (χ4n) is 2.53. The molecule has 1 fully saturated rings. The number of rotatable bonds is 4. The summed E-state index contributed by atoms with van der Waals surface area (Å²) in [5.41, 5.74) is 0. The minimum Gasteiger partial charge on any atom is -0.297 e. The highest BCUT2D eigenvalue weighted by Crippen LogP contribution is 2.27. The topological polar surface area (TPSA) is 79.4 Å². The van der Waals surface area contributed by atoms with E-state index in [2.05, 4.69) is 17.2 Å². The summed E-state index contributed by atoms with van der Waals surface area (Å²) in [6.45, 7) is 3.14. The minimum atomic E-state index is -3.52. The molecule has 23 heavy (non-hydrogen) atoms. The maximum absolute atomic E-state index is 12.7. The van der Waals surface area contributed by atoms with Gasteiger partial charge in [-0.15, -0.1) is 22.7 Å². The first-order valence-electron chi connectivity index (χ1n) is 7.26. The third-order valence-electron chi connectivity index (χ3n) is 3.71. The Balaban J connectivity index is 1.76. The quantitative estimate of drug-likeness (QED) is 0.896. The largest absolute Gasteiger partial charge is 0.297 e. The predicted molar refractivity (Wildman–Crippen MR) is 91.5 cm³/mol. The number of hydrogen-bond donors (Lipinski definition) is 1. The Hall–Kier alpha value is -1.29. The van der Waals surface area contributed by atoms with Crippen LogP contribution in [0.25, 0.3) is 0 Å². The van der Waals surface area contributed by atoms with Crippen molar-refractivity contribution in [2.24, 2.45) is 5.92 Å². The van der Waals surface area contributed by atoms with Crippen LogP contribution >= 0.6 is 22.7 Å². The maximum atomic E-state index is 12.7. The molecule has 0 radical (unpaired) electrons. The molecular formula is C14H17N3O3S3. The number of thiazole rings is 1. The molecule has 2 aromatic heterocycles. The van der Waals surface area contributed by atoms with Crippen molar-refractivity contribution in [1.82, 2.24) is 9.29 Å². The molecule has 0 spiro atoms. The number of anilines is 1. The monoisotopic (exact) mass is 371 g/mol. The third kappa shape index (κ3) is 3.63. The average Bonchev–Trinajstić information content (AvgIpc) is 3.18. The summed E-state index contributed by atoms with van der Waals surface area (Å²) in [5, 5.41) is 6.45. The molecule has 6 nitrogen and oxygen atoms in total. The number of thiophene rings is 1. The summed E-state index contributed by atoms with van der Waals surface area (Å²) >= 11 is 2.45. The zero-order valence-corrected chi connectivity index (χ0v) is 15.0. The van der Waals surface area contributed by atoms with Crippen molar-refractivity contribution in [2.75, 3.05) is 18.4 Å². The predicted octanol–water partition coefficient (Wildman–Crippen LogP) is 2.88. The van der Waals surface area contributed by atoms with Crippen molar-refractivity contribution in [3.05, 3.63) is 27.9 Å². The van der Waals surface area contributed by atoms with Gasteiger partial charge in [0.2, 0.25) is 10.0 Å². The van der Waals surface area contributed by atoms with Gasteiger partial charge in [-0.25, -0.2) is 13.4 Å². The van der Waals surface area contributed by atoms with E-state index >= 15 is 0 Å². The summed E-state index contributed by atoms with van der Waals surface area (Å²) in [6.07, 6.45) is 3.53. The van der Waals surface area contributed by atoms with Gasteiger partial charge in [-0.05, 0) is 24.8 Å². The van der Waals surface area contributed by atoms with E-state index in [9.17, 15) is 13.2 Å². The number of hydrogen-bond acceptors (Lipinski definition) is 6. The van der Waals surface area contributed by atoms with Gasteiger partial charge in [0, 0.05) is 30.0 Å². The van der Waals surface area contributed by atoms with E-state index in [1.807, 2.05) is 0 Å². The fraction of sp³-hybridized carbons (Fsp3) is 0.429. The summed E-state index contributed by atoms with van der Waals surface area (Å²) in [4.78, 5) is 16.7. The third-order valence-corrected chi connectivity index (χ3v) is 7.32. The van der Waals surface area contributed by atoms with Gasteiger partial charge in [0.1, 0.15) is 0 Å². The molecule has 0 aliphatic carbocycles. The van der Waals surface area contributed by atoms with E-state index in [-0.39, 0.29) is 10.8 Å².